The highest BCUT2D eigenvalue weighted by molar-refractivity contribution is 9.11. The zero-order valence-corrected chi connectivity index (χ0v) is 11.5. The summed E-state index contributed by atoms with van der Waals surface area (Å²) in [5.41, 5.74) is 0.689. The van der Waals surface area contributed by atoms with Gasteiger partial charge in [-0.15, -0.1) is 0 Å². The molecule has 0 aromatic carbocycles. The second-order valence-electron chi connectivity index (χ2n) is 4.43. The Morgan fingerprint density at radius 2 is 1.93 bits per heavy atom. The van der Waals surface area contributed by atoms with Gasteiger partial charge in [0.25, 0.3) is 0 Å². The molecule has 0 heterocycles. The lowest BCUT2D eigenvalue weighted by atomic mass is 9.87. The molecule has 2 heteroatoms. The monoisotopic (exact) mass is 270 g/mol. The molecule has 0 rings (SSSR count). The molecule has 0 atom stereocenters. The van der Waals surface area contributed by atoms with Crippen molar-refractivity contribution in [3.8, 4) is 0 Å². The van der Waals surface area contributed by atoms with Gasteiger partial charge in [0, 0.05) is 16.3 Å². The molecule has 15 heavy (non-hydrogen) atoms. The summed E-state index contributed by atoms with van der Waals surface area (Å²) in [6.07, 6.45) is 6.02. The fraction of sp³-hybridized carbons (Fsp3) is 0.462. The Hall–Kier alpha value is -0.630. The molecule has 0 N–H and O–H groups in total. The van der Waals surface area contributed by atoms with Crippen LogP contribution in [0.5, 0.6) is 0 Å². The van der Waals surface area contributed by atoms with Crippen LogP contribution < -0.4 is 0 Å². The van der Waals surface area contributed by atoms with Crippen LogP contribution in [0.15, 0.2) is 34.9 Å². The lowest BCUT2D eigenvalue weighted by molar-refractivity contribution is -0.125. The number of hydrogen-bond acceptors (Lipinski definition) is 1. The summed E-state index contributed by atoms with van der Waals surface area (Å²) in [4.78, 5) is 11.8. The fourth-order valence-electron chi connectivity index (χ4n) is 0.993. The summed E-state index contributed by atoms with van der Waals surface area (Å²) < 4.78 is 0.887. The first kappa shape index (κ1) is 14.4. The Kier molecular flexibility index (Phi) is 5.81. The average molecular weight is 271 g/mol. The Balaban J connectivity index is 4.88. The molecule has 0 amide bonds. The summed E-state index contributed by atoms with van der Waals surface area (Å²) in [7, 11) is 0. The number of ketones is 1. The number of hydrogen-bond donors (Lipinski definition) is 0. The zero-order valence-electron chi connectivity index (χ0n) is 9.93. The van der Waals surface area contributed by atoms with Crippen LogP contribution >= 0.6 is 15.9 Å². The van der Waals surface area contributed by atoms with Crippen LogP contribution in [0, 0.1) is 5.41 Å². The van der Waals surface area contributed by atoms with Gasteiger partial charge in [0.05, 0.1) is 0 Å². The largest absolute Gasteiger partial charge is 0.299 e. The maximum absolute atomic E-state index is 11.8. The molecule has 84 valence electrons. The first-order valence-corrected chi connectivity index (χ1v) is 5.79. The van der Waals surface area contributed by atoms with E-state index in [0.29, 0.717) is 6.42 Å². The van der Waals surface area contributed by atoms with E-state index >= 15 is 0 Å². The second kappa shape index (κ2) is 6.06. The Bertz CT molecular complexity index is 303. The van der Waals surface area contributed by atoms with Gasteiger partial charge in [-0.05, 0) is 12.5 Å². The molecule has 0 aromatic rings. The van der Waals surface area contributed by atoms with E-state index in [-0.39, 0.29) is 11.2 Å². The van der Waals surface area contributed by atoms with E-state index in [9.17, 15) is 4.79 Å². The highest BCUT2D eigenvalue weighted by Crippen LogP contribution is 2.24. The number of halogens is 1. The predicted octanol–water partition coefficient (Wildman–Crippen LogP) is 4.40. The minimum Gasteiger partial charge on any atom is -0.299 e. The van der Waals surface area contributed by atoms with Gasteiger partial charge in [0.1, 0.15) is 5.78 Å². The van der Waals surface area contributed by atoms with Crippen molar-refractivity contribution in [1.29, 1.82) is 0 Å². The van der Waals surface area contributed by atoms with Crippen molar-refractivity contribution in [3.63, 3.8) is 0 Å². The molecule has 0 spiro atoms. The molecule has 0 aliphatic rings. The molecule has 0 unspecified atom stereocenters. The first-order chi connectivity index (χ1) is 6.82. The van der Waals surface area contributed by atoms with Gasteiger partial charge in [-0.25, -0.2) is 0 Å². The molecule has 0 aromatic heterocycles. The summed E-state index contributed by atoms with van der Waals surface area (Å²) in [6, 6.07) is 0. The number of Topliss-reactive ketones (excluding diaryl/α,β-unsaturated/α-hetero) is 1. The molecular formula is C13H19BrO. The van der Waals surface area contributed by atoms with E-state index in [1.807, 2.05) is 39.8 Å². The molecular weight excluding hydrogens is 252 g/mol. The van der Waals surface area contributed by atoms with E-state index in [1.165, 1.54) is 0 Å². The number of carbonyl (C=O) groups is 1. The molecule has 0 fully saturated rings. The van der Waals surface area contributed by atoms with E-state index in [4.69, 9.17) is 0 Å². The van der Waals surface area contributed by atoms with Gasteiger partial charge in [-0.3, -0.25) is 4.79 Å². The van der Waals surface area contributed by atoms with E-state index in [0.717, 1.165) is 10.1 Å². The van der Waals surface area contributed by atoms with Gasteiger partial charge in [-0.2, -0.15) is 0 Å². The molecule has 0 bridgehead atoms. The minimum atomic E-state index is -0.290. The highest BCUT2D eigenvalue weighted by Gasteiger charge is 2.21. The van der Waals surface area contributed by atoms with Gasteiger partial charge >= 0.3 is 0 Å². The van der Waals surface area contributed by atoms with E-state index in [1.54, 1.807) is 6.08 Å². The van der Waals surface area contributed by atoms with Crippen LogP contribution in [-0.4, -0.2) is 5.78 Å². The average Bonchev–Trinajstić information content (AvgIpc) is 2.14. The number of allylic oxidation sites excluding steroid dienone is 5. The first-order valence-electron chi connectivity index (χ1n) is 5.00. The molecule has 0 radical (unpaired) electrons. The van der Waals surface area contributed by atoms with Crippen LogP contribution in [0.1, 0.15) is 34.1 Å². The van der Waals surface area contributed by atoms with Gasteiger partial charge < -0.3 is 0 Å². The van der Waals surface area contributed by atoms with Crippen molar-refractivity contribution >= 4 is 21.7 Å². The van der Waals surface area contributed by atoms with Gasteiger partial charge in [0.2, 0.25) is 0 Å². The Labute approximate surface area is 101 Å². The third-order valence-corrected chi connectivity index (χ3v) is 2.87. The molecule has 0 aliphatic carbocycles. The lowest BCUT2D eigenvalue weighted by Gasteiger charge is -2.17. The van der Waals surface area contributed by atoms with Crippen molar-refractivity contribution < 1.29 is 4.79 Å². The van der Waals surface area contributed by atoms with Gasteiger partial charge in [-0.1, -0.05) is 61.5 Å². The zero-order chi connectivity index (χ0) is 12.1. The topological polar surface area (TPSA) is 17.1 Å². The number of rotatable bonds is 4. The van der Waals surface area contributed by atoms with Crippen molar-refractivity contribution in [1.82, 2.24) is 0 Å². The normalized spacial score (nSPS) is 13.9. The quantitative estimate of drug-likeness (QED) is 0.692. The van der Waals surface area contributed by atoms with Gasteiger partial charge in [0.15, 0.2) is 0 Å². The molecule has 0 aliphatic heterocycles. The fourth-order valence-corrected chi connectivity index (χ4v) is 1.27. The van der Waals surface area contributed by atoms with Crippen molar-refractivity contribution in [2.75, 3.05) is 0 Å². The van der Waals surface area contributed by atoms with Crippen LogP contribution in [0.4, 0.5) is 0 Å². The highest BCUT2D eigenvalue weighted by atomic mass is 79.9. The third kappa shape index (κ3) is 5.12. The Morgan fingerprint density at radius 3 is 2.27 bits per heavy atom. The standard InChI is InChI=1S/C13H19BrO/c1-6-8-10(11(14)7-2)9-12(15)13(3,4)5/h6-8H,2,9H2,1,3-5H3/b8-6-,11-10-. The summed E-state index contributed by atoms with van der Waals surface area (Å²) in [6.45, 7) is 11.4. The molecule has 0 saturated heterocycles. The second-order valence-corrected chi connectivity index (χ2v) is 5.28. The predicted molar refractivity (Wildman–Crippen MR) is 70.0 cm³/mol. The number of carbonyl (C=O) groups excluding carboxylic acids is 1. The molecule has 0 saturated carbocycles. The van der Waals surface area contributed by atoms with E-state index < -0.39 is 0 Å². The van der Waals surface area contributed by atoms with Crippen molar-refractivity contribution in [2.24, 2.45) is 5.41 Å². The van der Waals surface area contributed by atoms with Crippen molar-refractivity contribution in [3.05, 3.63) is 34.9 Å². The maximum atomic E-state index is 11.8. The smallest absolute Gasteiger partial charge is 0.142 e. The maximum Gasteiger partial charge on any atom is 0.142 e. The van der Waals surface area contributed by atoms with Crippen LogP contribution in [-0.2, 0) is 4.79 Å². The summed E-state index contributed by atoms with van der Waals surface area (Å²) in [5.74, 6) is 0.231. The summed E-state index contributed by atoms with van der Waals surface area (Å²) in [5, 5.41) is 0. The van der Waals surface area contributed by atoms with Crippen molar-refractivity contribution in [2.45, 2.75) is 34.1 Å². The minimum absolute atomic E-state index is 0.231. The third-order valence-electron chi connectivity index (χ3n) is 2.04. The lowest BCUT2D eigenvalue weighted by Crippen LogP contribution is -2.20. The van der Waals surface area contributed by atoms with Crippen LogP contribution in [0.25, 0.3) is 0 Å². The molecule has 1 nitrogen and oxygen atoms in total. The van der Waals surface area contributed by atoms with Crippen LogP contribution in [0.2, 0.25) is 0 Å². The SMILES string of the molecule is C=C/C(Br)=C(\C=C/C)CC(=O)C(C)(C)C. The van der Waals surface area contributed by atoms with E-state index in [2.05, 4.69) is 22.5 Å². The summed E-state index contributed by atoms with van der Waals surface area (Å²) >= 11 is 3.40. The Morgan fingerprint density at radius 1 is 1.40 bits per heavy atom. The van der Waals surface area contributed by atoms with Crippen LogP contribution in [0.3, 0.4) is 0 Å².